The van der Waals surface area contributed by atoms with Crippen molar-refractivity contribution in [1.82, 2.24) is 0 Å². The minimum atomic E-state index is -1.000. The van der Waals surface area contributed by atoms with Gasteiger partial charge in [-0.05, 0) is 18.2 Å². The Morgan fingerprint density at radius 2 is 1.44 bits per heavy atom. The number of carbonyl (C=O) groups is 1. The number of nitrogens with zero attached hydrogens (tertiary/aromatic N) is 1. The highest BCUT2D eigenvalue weighted by atomic mass is 79.9. The Bertz CT molecular complexity index is 924. The molecule has 0 spiro atoms. The van der Waals surface area contributed by atoms with Gasteiger partial charge in [0.25, 0.3) is 0 Å². The van der Waals surface area contributed by atoms with Crippen molar-refractivity contribution in [1.29, 1.82) is 0 Å². The fourth-order valence-electron chi connectivity index (χ4n) is 2.41. The molecule has 3 aromatic carbocycles. The summed E-state index contributed by atoms with van der Waals surface area (Å²) in [6.45, 7) is 0. The number of hydrogen-bond donors (Lipinski definition) is 2. The number of carboxylic acid groups (broad SMARTS) is 1. The predicted octanol–water partition coefficient (Wildman–Crippen LogP) is 5.01. The Morgan fingerprint density at radius 1 is 0.840 bits per heavy atom. The number of nitrogens with one attached hydrogen (secondary N) is 1. The molecule has 4 nitrogen and oxygen atoms in total. The van der Waals surface area contributed by atoms with Crippen molar-refractivity contribution in [2.75, 3.05) is 5.43 Å². The first-order valence-electron chi connectivity index (χ1n) is 7.63. The number of hydrogen-bond acceptors (Lipinski definition) is 3. The van der Waals surface area contributed by atoms with E-state index < -0.39 is 5.97 Å². The predicted molar refractivity (Wildman–Crippen MR) is 103 cm³/mol. The first-order valence-corrected chi connectivity index (χ1v) is 8.42. The van der Waals surface area contributed by atoms with E-state index in [1.165, 1.54) is 0 Å². The van der Waals surface area contributed by atoms with E-state index in [1.54, 1.807) is 24.3 Å². The van der Waals surface area contributed by atoms with Crippen LogP contribution in [0.5, 0.6) is 0 Å². The summed E-state index contributed by atoms with van der Waals surface area (Å²) in [5.41, 5.74) is 6.07. The molecule has 0 aliphatic heterocycles. The molecule has 0 saturated heterocycles. The van der Waals surface area contributed by atoms with E-state index in [-0.39, 0.29) is 5.56 Å². The highest BCUT2D eigenvalue weighted by Crippen LogP contribution is 2.22. The zero-order valence-electron chi connectivity index (χ0n) is 13.2. The second-order valence-electron chi connectivity index (χ2n) is 5.27. The molecule has 0 aromatic heterocycles. The second-order valence-corrected chi connectivity index (χ2v) is 6.12. The van der Waals surface area contributed by atoms with Crippen molar-refractivity contribution in [3.8, 4) is 0 Å². The second kappa shape index (κ2) is 7.77. The van der Waals surface area contributed by atoms with Crippen molar-refractivity contribution in [3.63, 3.8) is 0 Å². The van der Waals surface area contributed by atoms with Gasteiger partial charge in [0, 0.05) is 15.6 Å². The average molecular weight is 395 g/mol. The van der Waals surface area contributed by atoms with Crippen LogP contribution in [0.25, 0.3) is 0 Å². The van der Waals surface area contributed by atoms with Crippen LogP contribution in [0.4, 0.5) is 5.69 Å². The lowest BCUT2D eigenvalue weighted by atomic mass is 10.0. The van der Waals surface area contributed by atoms with Gasteiger partial charge < -0.3 is 5.11 Å². The highest BCUT2D eigenvalue weighted by molar-refractivity contribution is 9.10. The molecular weight excluding hydrogens is 380 g/mol. The highest BCUT2D eigenvalue weighted by Gasteiger charge is 2.12. The zero-order chi connectivity index (χ0) is 17.6. The van der Waals surface area contributed by atoms with Gasteiger partial charge in [0.05, 0.1) is 17.0 Å². The van der Waals surface area contributed by atoms with Crippen LogP contribution in [0.3, 0.4) is 0 Å². The summed E-state index contributed by atoms with van der Waals surface area (Å²) in [7, 11) is 0. The third kappa shape index (κ3) is 3.95. The van der Waals surface area contributed by atoms with E-state index in [9.17, 15) is 9.90 Å². The standard InChI is InChI=1S/C20H15BrN2O2/c21-17-12-6-4-10-15(17)19(14-8-2-1-3-9-14)23-22-18-13-7-5-11-16(18)20(24)25/h1-13,22H,(H,24,25). The number of halogens is 1. The smallest absolute Gasteiger partial charge is 0.337 e. The molecule has 0 aliphatic rings. The number of para-hydroxylation sites is 1. The molecule has 0 radical (unpaired) electrons. The quantitative estimate of drug-likeness (QED) is 0.472. The van der Waals surface area contributed by atoms with E-state index in [0.29, 0.717) is 11.4 Å². The van der Waals surface area contributed by atoms with Crippen LogP contribution in [0.2, 0.25) is 0 Å². The van der Waals surface area contributed by atoms with Crippen molar-refractivity contribution >= 4 is 33.3 Å². The number of anilines is 1. The van der Waals surface area contributed by atoms with Crippen molar-refractivity contribution in [2.24, 2.45) is 5.10 Å². The van der Waals surface area contributed by atoms with Crippen LogP contribution >= 0.6 is 15.9 Å². The van der Waals surface area contributed by atoms with Gasteiger partial charge in [-0.3, -0.25) is 5.43 Å². The molecule has 0 unspecified atom stereocenters. The maximum atomic E-state index is 11.4. The van der Waals surface area contributed by atoms with Gasteiger partial charge in [-0.15, -0.1) is 0 Å². The summed E-state index contributed by atoms with van der Waals surface area (Å²) < 4.78 is 0.908. The molecule has 5 heteroatoms. The molecule has 0 aliphatic carbocycles. The molecular formula is C20H15BrN2O2. The van der Waals surface area contributed by atoms with Crippen LogP contribution in [0, 0.1) is 0 Å². The minimum absolute atomic E-state index is 0.172. The third-order valence-electron chi connectivity index (χ3n) is 3.62. The maximum Gasteiger partial charge on any atom is 0.337 e. The van der Waals surface area contributed by atoms with E-state index in [0.717, 1.165) is 15.6 Å². The third-order valence-corrected chi connectivity index (χ3v) is 4.31. The lowest BCUT2D eigenvalue weighted by Crippen LogP contribution is -2.09. The molecule has 2 N–H and O–H groups in total. The fourth-order valence-corrected chi connectivity index (χ4v) is 2.89. The summed E-state index contributed by atoms with van der Waals surface area (Å²) in [6.07, 6.45) is 0. The molecule has 25 heavy (non-hydrogen) atoms. The van der Waals surface area contributed by atoms with Crippen LogP contribution in [0.15, 0.2) is 88.4 Å². The van der Waals surface area contributed by atoms with E-state index in [1.807, 2.05) is 54.6 Å². The average Bonchev–Trinajstić information content (AvgIpc) is 2.64. The summed E-state index contributed by atoms with van der Waals surface area (Å²) in [6, 6.07) is 24.2. The number of carboxylic acids is 1. The number of benzene rings is 3. The van der Waals surface area contributed by atoms with Crippen LogP contribution in [0.1, 0.15) is 21.5 Å². The molecule has 0 bridgehead atoms. The molecule has 0 saturated carbocycles. The number of rotatable bonds is 5. The number of aromatic carboxylic acids is 1. The Hall–Kier alpha value is -2.92. The Kier molecular flexibility index (Phi) is 5.26. The fraction of sp³-hybridized carbons (Fsp3) is 0. The lowest BCUT2D eigenvalue weighted by molar-refractivity contribution is 0.0698. The van der Waals surface area contributed by atoms with Gasteiger partial charge >= 0.3 is 5.97 Å². The largest absolute Gasteiger partial charge is 0.478 e. The number of hydrazone groups is 1. The van der Waals surface area contributed by atoms with Crippen LogP contribution < -0.4 is 5.43 Å². The van der Waals surface area contributed by atoms with Gasteiger partial charge in [0.2, 0.25) is 0 Å². The Morgan fingerprint density at radius 3 is 2.12 bits per heavy atom. The summed E-state index contributed by atoms with van der Waals surface area (Å²) in [5.74, 6) is -1.000. The van der Waals surface area contributed by atoms with Crippen molar-refractivity contribution in [3.05, 3.63) is 100 Å². The Labute approximate surface area is 154 Å². The molecule has 0 amide bonds. The molecule has 0 heterocycles. The van der Waals surface area contributed by atoms with Crippen LogP contribution in [-0.2, 0) is 0 Å². The van der Waals surface area contributed by atoms with E-state index in [2.05, 4.69) is 26.5 Å². The molecule has 3 aromatic rings. The minimum Gasteiger partial charge on any atom is -0.478 e. The van der Waals surface area contributed by atoms with Gasteiger partial charge in [-0.25, -0.2) is 4.79 Å². The van der Waals surface area contributed by atoms with Gasteiger partial charge in [-0.1, -0.05) is 76.6 Å². The van der Waals surface area contributed by atoms with Crippen molar-refractivity contribution < 1.29 is 9.90 Å². The lowest BCUT2D eigenvalue weighted by Gasteiger charge is -2.11. The first-order chi connectivity index (χ1) is 12.2. The monoisotopic (exact) mass is 394 g/mol. The molecule has 0 atom stereocenters. The maximum absolute atomic E-state index is 11.4. The Balaban J connectivity index is 2.06. The molecule has 124 valence electrons. The zero-order valence-corrected chi connectivity index (χ0v) is 14.8. The normalized spacial score (nSPS) is 11.2. The molecule has 0 fully saturated rings. The van der Waals surface area contributed by atoms with Gasteiger partial charge in [0.15, 0.2) is 0 Å². The van der Waals surface area contributed by atoms with E-state index in [4.69, 9.17) is 0 Å². The van der Waals surface area contributed by atoms with E-state index >= 15 is 0 Å². The molecule has 3 rings (SSSR count). The summed E-state index contributed by atoms with van der Waals surface area (Å²) >= 11 is 3.56. The topological polar surface area (TPSA) is 61.7 Å². The van der Waals surface area contributed by atoms with Gasteiger partial charge in [0.1, 0.15) is 0 Å². The van der Waals surface area contributed by atoms with Crippen molar-refractivity contribution in [2.45, 2.75) is 0 Å². The first kappa shape index (κ1) is 16.9. The summed E-state index contributed by atoms with van der Waals surface area (Å²) in [5, 5.41) is 13.8. The van der Waals surface area contributed by atoms with Gasteiger partial charge in [-0.2, -0.15) is 5.10 Å². The SMILES string of the molecule is O=C(O)c1ccccc1NN=C(c1ccccc1)c1ccccc1Br. The summed E-state index contributed by atoms with van der Waals surface area (Å²) in [4.78, 5) is 11.4. The van der Waals surface area contributed by atoms with Crippen LogP contribution in [-0.4, -0.2) is 16.8 Å².